The minimum absolute atomic E-state index is 0.225. The van der Waals surface area contributed by atoms with Crippen LogP contribution >= 0.6 is 11.8 Å². The summed E-state index contributed by atoms with van der Waals surface area (Å²) in [5.74, 6) is -0.587. The van der Waals surface area contributed by atoms with E-state index in [1.165, 1.54) is 0 Å². The van der Waals surface area contributed by atoms with Gasteiger partial charge in [-0.3, -0.25) is 10.1 Å². The van der Waals surface area contributed by atoms with Crippen molar-refractivity contribution in [1.82, 2.24) is 10.6 Å². The first-order valence-electron chi connectivity index (χ1n) is 6.51. The first-order chi connectivity index (χ1) is 9.56. The molecule has 1 aromatic carbocycles. The van der Waals surface area contributed by atoms with Crippen LogP contribution in [0.5, 0.6) is 0 Å². The largest absolute Gasteiger partial charge is 0.480 e. The van der Waals surface area contributed by atoms with Gasteiger partial charge in [0.15, 0.2) is 0 Å². The van der Waals surface area contributed by atoms with Crippen LogP contribution in [-0.4, -0.2) is 40.2 Å². The minimum atomic E-state index is -1.01. The lowest BCUT2D eigenvalue weighted by Gasteiger charge is -2.17. The number of hydrogen-bond donors (Lipinski definition) is 3. The van der Waals surface area contributed by atoms with E-state index in [2.05, 4.69) is 10.6 Å². The van der Waals surface area contributed by atoms with Crippen LogP contribution in [0.2, 0.25) is 0 Å². The van der Waals surface area contributed by atoms with Crippen LogP contribution in [0, 0.1) is 0 Å². The second-order valence-corrected chi connectivity index (χ2v) is 6.16. The molecule has 0 aromatic heterocycles. The van der Waals surface area contributed by atoms with Crippen molar-refractivity contribution in [3.05, 3.63) is 35.9 Å². The maximum absolute atomic E-state index is 12.0. The average Bonchev–Trinajstić information content (AvgIpc) is 2.86. The zero-order valence-electron chi connectivity index (χ0n) is 11.2. The summed E-state index contributed by atoms with van der Waals surface area (Å²) in [5.41, 5.74) is 0.891. The molecule has 5 nitrogen and oxygen atoms in total. The van der Waals surface area contributed by atoms with Gasteiger partial charge >= 0.3 is 5.97 Å². The number of carboxylic acids is 1. The number of carbonyl (C=O) groups is 2. The van der Waals surface area contributed by atoms with E-state index in [0.717, 1.165) is 5.56 Å². The Labute approximate surface area is 122 Å². The molecule has 20 heavy (non-hydrogen) atoms. The smallest absolute Gasteiger partial charge is 0.326 e. The highest BCUT2D eigenvalue weighted by Crippen LogP contribution is 2.18. The van der Waals surface area contributed by atoms with Gasteiger partial charge in [0.2, 0.25) is 5.91 Å². The summed E-state index contributed by atoms with van der Waals surface area (Å²) in [6, 6.07) is 8.08. The van der Waals surface area contributed by atoms with E-state index in [9.17, 15) is 14.7 Å². The quantitative estimate of drug-likeness (QED) is 0.750. The van der Waals surface area contributed by atoms with Gasteiger partial charge in [0, 0.05) is 12.2 Å². The van der Waals surface area contributed by atoms with E-state index in [0.29, 0.717) is 5.75 Å². The number of nitrogens with one attached hydrogen (secondary N) is 2. The number of hydrogen-bond acceptors (Lipinski definition) is 4. The molecule has 6 heteroatoms. The van der Waals surface area contributed by atoms with Crippen molar-refractivity contribution in [2.75, 3.05) is 5.75 Å². The molecule has 1 amide bonds. The molecule has 0 bridgehead atoms. The molecule has 0 radical (unpaired) electrons. The van der Waals surface area contributed by atoms with E-state index >= 15 is 0 Å². The molecule has 2 unspecified atom stereocenters. The molecule has 3 atom stereocenters. The molecule has 1 aliphatic rings. The number of amides is 1. The fourth-order valence-electron chi connectivity index (χ4n) is 2.09. The third kappa shape index (κ3) is 3.98. The maximum atomic E-state index is 12.0. The van der Waals surface area contributed by atoms with E-state index in [1.807, 2.05) is 37.3 Å². The van der Waals surface area contributed by atoms with Crippen LogP contribution < -0.4 is 10.6 Å². The number of thioether (sulfide) groups is 1. The van der Waals surface area contributed by atoms with Gasteiger partial charge in [-0.05, 0) is 12.5 Å². The van der Waals surface area contributed by atoms with Gasteiger partial charge in [0.05, 0.1) is 11.4 Å². The van der Waals surface area contributed by atoms with Gasteiger partial charge in [0.25, 0.3) is 0 Å². The lowest BCUT2D eigenvalue weighted by Crippen LogP contribution is -2.50. The Kier molecular flexibility index (Phi) is 5.03. The maximum Gasteiger partial charge on any atom is 0.326 e. The number of rotatable bonds is 5. The SMILES string of the molecule is CC1NC(C(=O)N[C@@H](Cc2ccccc2)C(=O)O)CS1. The van der Waals surface area contributed by atoms with E-state index in [4.69, 9.17) is 0 Å². The van der Waals surface area contributed by atoms with Crippen LogP contribution in [-0.2, 0) is 16.0 Å². The third-order valence-electron chi connectivity index (χ3n) is 3.16. The van der Waals surface area contributed by atoms with Crippen molar-refractivity contribution < 1.29 is 14.7 Å². The van der Waals surface area contributed by atoms with Crippen LogP contribution in [0.4, 0.5) is 0 Å². The summed E-state index contributed by atoms with van der Waals surface area (Å²) in [6.45, 7) is 1.98. The van der Waals surface area contributed by atoms with Crippen LogP contribution in [0.1, 0.15) is 12.5 Å². The molecule has 108 valence electrons. The number of aliphatic carboxylic acids is 1. The number of carboxylic acid groups (broad SMARTS) is 1. The van der Waals surface area contributed by atoms with Crippen molar-refractivity contribution >= 4 is 23.6 Å². The first kappa shape index (κ1) is 14.9. The van der Waals surface area contributed by atoms with Gasteiger partial charge in [0.1, 0.15) is 6.04 Å². The molecule has 0 saturated carbocycles. The fourth-order valence-corrected chi connectivity index (χ4v) is 3.08. The predicted octanol–water partition coefficient (Wildman–Crippen LogP) is 0.849. The standard InChI is InChI=1S/C14H18N2O3S/c1-9-15-12(8-20-9)13(17)16-11(14(18)19)7-10-5-3-2-4-6-10/h2-6,9,11-12,15H,7-8H2,1H3,(H,16,17)(H,18,19)/t9?,11-,12?/m0/s1. The molecule has 0 spiro atoms. The summed E-state index contributed by atoms with van der Waals surface area (Å²) >= 11 is 1.65. The highest BCUT2D eigenvalue weighted by molar-refractivity contribution is 8.00. The second-order valence-electron chi connectivity index (χ2n) is 4.78. The van der Waals surface area contributed by atoms with Crippen molar-refractivity contribution in [2.45, 2.75) is 30.8 Å². The Morgan fingerprint density at radius 3 is 2.70 bits per heavy atom. The molecule has 1 aromatic rings. The summed E-state index contributed by atoms with van der Waals surface area (Å²) in [6.07, 6.45) is 0.289. The molecular formula is C14H18N2O3S. The summed E-state index contributed by atoms with van der Waals surface area (Å²) in [7, 11) is 0. The van der Waals surface area contributed by atoms with Crippen LogP contribution in [0.25, 0.3) is 0 Å². The summed E-state index contributed by atoms with van der Waals surface area (Å²) in [4.78, 5) is 23.3. The van der Waals surface area contributed by atoms with Crippen molar-refractivity contribution in [1.29, 1.82) is 0 Å². The Morgan fingerprint density at radius 2 is 2.15 bits per heavy atom. The Hall–Kier alpha value is -1.53. The topological polar surface area (TPSA) is 78.4 Å². The minimum Gasteiger partial charge on any atom is -0.480 e. The Balaban J connectivity index is 1.96. The van der Waals surface area contributed by atoms with Gasteiger partial charge in [-0.2, -0.15) is 0 Å². The lowest BCUT2D eigenvalue weighted by atomic mass is 10.1. The third-order valence-corrected chi connectivity index (χ3v) is 4.32. The summed E-state index contributed by atoms with van der Waals surface area (Å²) in [5, 5.41) is 15.2. The molecule has 1 aliphatic heterocycles. The van der Waals surface area contributed by atoms with Crippen molar-refractivity contribution in [2.24, 2.45) is 0 Å². The second kappa shape index (κ2) is 6.76. The van der Waals surface area contributed by atoms with E-state index in [1.54, 1.807) is 11.8 Å². The number of carbonyl (C=O) groups excluding carboxylic acids is 1. The van der Waals surface area contributed by atoms with E-state index < -0.39 is 12.0 Å². The molecular weight excluding hydrogens is 276 g/mol. The highest BCUT2D eigenvalue weighted by atomic mass is 32.2. The monoisotopic (exact) mass is 294 g/mol. The van der Waals surface area contributed by atoms with Crippen LogP contribution in [0.15, 0.2) is 30.3 Å². The predicted molar refractivity (Wildman–Crippen MR) is 78.6 cm³/mol. The molecule has 2 rings (SSSR count). The molecule has 0 aliphatic carbocycles. The van der Waals surface area contributed by atoms with E-state index in [-0.39, 0.29) is 23.7 Å². The highest BCUT2D eigenvalue weighted by Gasteiger charge is 2.30. The Bertz CT molecular complexity index is 481. The molecule has 1 heterocycles. The van der Waals surface area contributed by atoms with Gasteiger partial charge in [-0.15, -0.1) is 11.8 Å². The van der Waals surface area contributed by atoms with Gasteiger partial charge in [-0.1, -0.05) is 30.3 Å². The molecule has 3 N–H and O–H groups in total. The average molecular weight is 294 g/mol. The van der Waals surface area contributed by atoms with Gasteiger partial charge < -0.3 is 10.4 Å². The Morgan fingerprint density at radius 1 is 1.45 bits per heavy atom. The zero-order valence-corrected chi connectivity index (χ0v) is 12.0. The lowest BCUT2D eigenvalue weighted by molar-refractivity contribution is -0.142. The van der Waals surface area contributed by atoms with Crippen molar-refractivity contribution in [3.63, 3.8) is 0 Å². The molecule has 1 fully saturated rings. The normalized spacial score (nSPS) is 23.2. The molecule has 1 saturated heterocycles. The van der Waals surface area contributed by atoms with Gasteiger partial charge in [-0.25, -0.2) is 4.79 Å². The van der Waals surface area contributed by atoms with Crippen molar-refractivity contribution in [3.8, 4) is 0 Å². The first-order valence-corrected chi connectivity index (χ1v) is 7.56. The zero-order chi connectivity index (χ0) is 14.5. The van der Waals surface area contributed by atoms with Crippen LogP contribution in [0.3, 0.4) is 0 Å². The summed E-state index contributed by atoms with van der Waals surface area (Å²) < 4.78 is 0. The fraction of sp³-hybridized carbons (Fsp3) is 0.429. The number of benzene rings is 1.